The van der Waals surface area contributed by atoms with Crippen molar-refractivity contribution in [1.29, 1.82) is 5.26 Å². The third-order valence-electron chi connectivity index (χ3n) is 6.03. The van der Waals surface area contributed by atoms with Gasteiger partial charge in [-0.3, -0.25) is 4.79 Å². The number of aromatic nitrogens is 1. The first kappa shape index (κ1) is 27.0. The average molecular weight is 532 g/mol. The fraction of sp³-hybridized carbons (Fsp3) is 0.138. The molecule has 4 aromatic rings. The van der Waals surface area contributed by atoms with Gasteiger partial charge in [-0.05, 0) is 85.1 Å². The molecule has 0 aliphatic carbocycles. The number of hydrogen-bond donors (Lipinski definition) is 1. The highest BCUT2D eigenvalue weighted by Crippen LogP contribution is 2.34. The quantitative estimate of drug-likeness (QED) is 0.347. The van der Waals surface area contributed by atoms with Crippen LogP contribution < -0.4 is 20.7 Å². The number of pyridine rings is 1. The summed E-state index contributed by atoms with van der Waals surface area (Å²) in [5, 5.41) is 22.2. The Balaban J connectivity index is 1.74. The lowest BCUT2D eigenvalue weighted by Gasteiger charge is -2.19. The predicted octanol–water partition coefficient (Wildman–Crippen LogP) is 5.62. The number of nitriles is 1. The van der Waals surface area contributed by atoms with Gasteiger partial charge in [-0.15, -0.1) is 0 Å². The number of alkyl halides is 3. The normalized spacial score (nSPS) is 11.1. The predicted molar refractivity (Wildman–Crippen MR) is 136 cm³/mol. The van der Waals surface area contributed by atoms with Gasteiger partial charge in [0.1, 0.15) is 29.2 Å². The van der Waals surface area contributed by atoms with E-state index in [0.29, 0.717) is 22.7 Å². The Bertz CT molecular complexity index is 1640. The summed E-state index contributed by atoms with van der Waals surface area (Å²) < 4.78 is 48.4. The number of carbonyl (C=O) groups is 1. The summed E-state index contributed by atoms with van der Waals surface area (Å²) >= 11 is 0. The SMILES string of the molecule is Cc1ccc(Cn2c(-c3ccc(Oc4ccc(NC(=O)[O-])cc4)cc3)cc(C(F)(F)F)c(C#N)c2=O)c(C)c1. The van der Waals surface area contributed by atoms with Gasteiger partial charge in [-0.2, -0.15) is 18.4 Å². The van der Waals surface area contributed by atoms with Crippen molar-refractivity contribution >= 4 is 11.8 Å². The number of nitrogens with zero attached hydrogens (tertiary/aromatic N) is 2. The highest BCUT2D eigenvalue weighted by Gasteiger charge is 2.36. The molecule has 7 nitrogen and oxygen atoms in total. The maximum Gasteiger partial charge on any atom is 0.417 e. The first-order valence-corrected chi connectivity index (χ1v) is 11.6. The van der Waals surface area contributed by atoms with Crippen LogP contribution in [0.15, 0.2) is 77.6 Å². The number of nitrogens with one attached hydrogen (secondary N) is 1. The van der Waals surface area contributed by atoms with E-state index in [9.17, 15) is 33.1 Å². The molecule has 3 aromatic carbocycles. The lowest BCUT2D eigenvalue weighted by atomic mass is 10.0. The molecule has 0 spiro atoms. The number of anilines is 1. The lowest BCUT2D eigenvalue weighted by Crippen LogP contribution is -2.29. The molecule has 198 valence electrons. The van der Waals surface area contributed by atoms with Crippen LogP contribution in [0.2, 0.25) is 0 Å². The molecule has 39 heavy (non-hydrogen) atoms. The molecule has 1 heterocycles. The highest BCUT2D eigenvalue weighted by molar-refractivity contribution is 5.81. The zero-order valence-corrected chi connectivity index (χ0v) is 20.8. The second kappa shape index (κ2) is 10.8. The molecule has 1 N–H and O–H groups in total. The van der Waals surface area contributed by atoms with Crippen molar-refractivity contribution in [3.63, 3.8) is 0 Å². The van der Waals surface area contributed by atoms with Gasteiger partial charge in [0.2, 0.25) is 0 Å². The standard InChI is InChI=1S/C29H22F3N3O4/c1-17-3-4-20(18(2)13-17)16-35-26(14-25(29(30,31)32)24(15-33)27(35)36)19-5-9-22(10-6-19)39-23-11-7-21(8-12-23)34-28(37)38/h3-14,34H,16H2,1-2H3,(H,37,38)/p-1. The third-order valence-corrected chi connectivity index (χ3v) is 6.03. The van der Waals surface area contributed by atoms with Gasteiger partial charge in [-0.1, -0.05) is 23.8 Å². The molecule has 0 saturated heterocycles. The smallest absolute Gasteiger partial charge is 0.417 e. The molecule has 0 aliphatic rings. The van der Waals surface area contributed by atoms with Crippen LogP contribution in [0.3, 0.4) is 0 Å². The van der Waals surface area contributed by atoms with Gasteiger partial charge in [-0.25, -0.2) is 0 Å². The van der Waals surface area contributed by atoms with Crippen LogP contribution in [-0.4, -0.2) is 10.7 Å². The van der Waals surface area contributed by atoms with E-state index in [1.54, 1.807) is 6.07 Å². The number of rotatable bonds is 6. The molecule has 1 amide bonds. The molecule has 0 atom stereocenters. The van der Waals surface area contributed by atoms with Crippen LogP contribution in [-0.2, 0) is 12.7 Å². The van der Waals surface area contributed by atoms with Crippen molar-refractivity contribution in [3.8, 4) is 28.8 Å². The number of aryl methyl sites for hydroxylation is 2. The highest BCUT2D eigenvalue weighted by atomic mass is 19.4. The summed E-state index contributed by atoms with van der Waals surface area (Å²) in [4.78, 5) is 23.8. The molecule has 1 aromatic heterocycles. The molecule has 4 rings (SSSR count). The number of benzene rings is 3. The Morgan fingerprint density at radius 1 is 1.00 bits per heavy atom. The Morgan fingerprint density at radius 2 is 1.62 bits per heavy atom. The maximum atomic E-state index is 13.8. The minimum atomic E-state index is -4.90. The van der Waals surface area contributed by atoms with Crippen LogP contribution in [0.1, 0.15) is 27.8 Å². The number of amides is 1. The van der Waals surface area contributed by atoms with Crippen LogP contribution >= 0.6 is 0 Å². The molecule has 0 unspecified atom stereocenters. The largest absolute Gasteiger partial charge is 0.530 e. The second-order valence-corrected chi connectivity index (χ2v) is 8.81. The Labute approximate surface area is 221 Å². The van der Waals surface area contributed by atoms with Gasteiger partial charge in [0.05, 0.1) is 17.8 Å². The minimum absolute atomic E-state index is 0.00411. The van der Waals surface area contributed by atoms with Gasteiger partial charge in [0.25, 0.3) is 5.56 Å². The number of ether oxygens (including phenoxy) is 1. The fourth-order valence-electron chi connectivity index (χ4n) is 4.12. The number of hydrogen-bond acceptors (Lipinski definition) is 5. The van der Waals surface area contributed by atoms with Crippen LogP contribution in [0.4, 0.5) is 23.7 Å². The Hall–Kier alpha value is -5.04. The lowest BCUT2D eigenvalue weighted by molar-refractivity contribution is -0.242. The average Bonchev–Trinajstić information content (AvgIpc) is 2.87. The van der Waals surface area contributed by atoms with Gasteiger partial charge < -0.3 is 24.5 Å². The summed E-state index contributed by atoms with van der Waals surface area (Å²) in [6, 6.07) is 19.9. The summed E-state index contributed by atoms with van der Waals surface area (Å²) in [6.45, 7) is 3.72. The van der Waals surface area contributed by atoms with E-state index in [1.807, 2.05) is 26.0 Å². The number of carbonyl (C=O) groups excluding carboxylic acids is 1. The Kier molecular flexibility index (Phi) is 7.44. The summed E-state index contributed by atoms with van der Waals surface area (Å²) in [7, 11) is 0. The van der Waals surface area contributed by atoms with E-state index in [4.69, 9.17) is 4.74 Å². The summed E-state index contributed by atoms with van der Waals surface area (Å²) in [5.74, 6) is 0.739. The van der Waals surface area contributed by atoms with Crippen molar-refractivity contribution in [2.75, 3.05) is 5.32 Å². The molecule has 10 heteroatoms. The van der Waals surface area contributed by atoms with Crippen molar-refractivity contribution < 1.29 is 27.8 Å². The third kappa shape index (κ3) is 6.10. The molecule has 0 radical (unpaired) electrons. The molecular weight excluding hydrogens is 511 g/mol. The second-order valence-electron chi connectivity index (χ2n) is 8.81. The van der Waals surface area contributed by atoms with Gasteiger partial charge in [0, 0.05) is 5.69 Å². The van der Waals surface area contributed by atoms with Gasteiger partial charge in [0.15, 0.2) is 0 Å². The first-order valence-electron chi connectivity index (χ1n) is 11.6. The Morgan fingerprint density at radius 3 is 2.15 bits per heavy atom. The summed E-state index contributed by atoms with van der Waals surface area (Å²) in [5.41, 5.74) is -0.119. The number of carboxylic acid groups (broad SMARTS) is 1. The van der Waals surface area contributed by atoms with E-state index in [1.165, 1.54) is 59.2 Å². The zero-order chi connectivity index (χ0) is 28.3. The molecule has 0 aliphatic heterocycles. The number of halogens is 3. The first-order chi connectivity index (χ1) is 18.5. The summed E-state index contributed by atoms with van der Waals surface area (Å²) in [6.07, 6.45) is -6.36. The minimum Gasteiger partial charge on any atom is -0.530 e. The topological polar surface area (TPSA) is 107 Å². The van der Waals surface area contributed by atoms with Crippen LogP contribution in [0.5, 0.6) is 11.5 Å². The molecule has 0 bridgehead atoms. The van der Waals surface area contributed by atoms with Crippen LogP contribution in [0, 0.1) is 25.2 Å². The zero-order valence-electron chi connectivity index (χ0n) is 20.8. The van der Waals surface area contributed by atoms with Crippen molar-refractivity contribution in [3.05, 3.63) is 111 Å². The molecule has 0 fully saturated rings. The fourth-order valence-corrected chi connectivity index (χ4v) is 4.12. The van der Waals surface area contributed by atoms with E-state index in [0.717, 1.165) is 22.8 Å². The monoisotopic (exact) mass is 532 g/mol. The van der Waals surface area contributed by atoms with E-state index in [2.05, 4.69) is 5.32 Å². The molecule has 0 saturated carbocycles. The van der Waals surface area contributed by atoms with Crippen molar-refractivity contribution in [2.24, 2.45) is 0 Å². The van der Waals surface area contributed by atoms with Crippen LogP contribution in [0.25, 0.3) is 11.3 Å². The van der Waals surface area contributed by atoms with Crippen molar-refractivity contribution in [2.45, 2.75) is 26.6 Å². The van der Waals surface area contributed by atoms with Crippen molar-refractivity contribution in [1.82, 2.24) is 4.57 Å². The maximum absolute atomic E-state index is 13.8. The molecular formula is C29H21F3N3O4-. The van der Waals surface area contributed by atoms with Gasteiger partial charge >= 0.3 is 6.18 Å². The van der Waals surface area contributed by atoms with E-state index < -0.39 is 29.0 Å². The van der Waals surface area contributed by atoms with E-state index in [-0.39, 0.29) is 12.2 Å². The van der Waals surface area contributed by atoms with E-state index >= 15 is 0 Å².